The smallest absolute Gasteiger partial charge is 0.168 e. The van der Waals surface area contributed by atoms with E-state index in [1.807, 2.05) is 42.1 Å². The third kappa shape index (κ3) is 2.52. The Hall–Kier alpha value is -2.14. The number of hydrogen-bond acceptors (Lipinski definition) is 4. The number of anilines is 1. The van der Waals surface area contributed by atoms with Gasteiger partial charge in [0.1, 0.15) is 11.6 Å². The maximum Gasteiger partial charge on any atom is 0.168 e. The summed E-state index contributed by atoms with van der Waals surface area (Å²) >= 11 is 6.09. The highest BCUT2D eigenvalue weighted by atomic mass is 35.5. The van der Waals surface area contributed by atoms with Crippen molar-refractivity contribution in [2.24, 2.45) is 0 Å². The molecule has 1 aromatic carbocycles. The molecule has 0 amide bonds. The average molecular weight is 316 g/mol. The van der Waals surface area contributed by atoms with E-state index in [4.69, 9.17) is 11.6 Å². The van der Waals surface area contributed by atoms with E-state index < -0.39 is 0 Å². The van der Waals surface area contributed by atoms with Gasteiger partial charge in [0, 0.05) is 18.1 Å². The number of halogens is 1. The number of rotatable bonds is 4. The first-order valence-corrected chi connectivity index (χ1v) is 7.75. The first-order valence-electron chi connectivity index (χ1n) is 7.37. The molecule has 6 heteroatoms. The Labute approximate surface area is 134 Å². The summed E-state index contributed by atoms with van der Waals surface area (Å²) in [7, 11) is 0. The molecular weight excluding hydrogens is 298 g/mol. The zero-order chi connectivity index (χ0) is 15.7. The van der Waals surface area contributed by atoms with Crippen molar-refractivity contribution in [3.05, 3.63) is 41.3 Å². The second-order valence-electron chi connectivity index (χ2n) is 5.04. The summed E-state index contributed by atoms with van der Waals surface area (Å²) in [4.78, 5) is 11.4. The Kier molecular flexibility index (Phi) is 3.98. The van der Waals surface area contributed by atoms with Crippen molar-refractivity contribution >= 4 is 28.5 Å². The van der Waals surface area contributed by atoms with Crippen molar-refractivity contribution in [3.8, 4) is 5.69 Å². The topological polar surface area (TPSA) is 46.8 Å². The van der Waals surface area contributed by atoms with E-state index in [1.54, 1.807) is 0 Å². The molecule has 22 heavy (non-hydrogen) atoms. The number of nitrogens with zero attached hydrogens (tertiary/aromatic N) is 5. The van der Waals surface area contributed by atoms with Crippen LogP contribution in [-0.2, 0) is 0 Å². The van der Waals surface area contributed by atoms with Crippen LogP contribution in [0, 0.1) is 6.92 Å². The second-order valence-corrected chi connectivity index (χ2v) is 5.48. The van der Waals surface area contributed by atoms with Gasteiger partial charge in [-0.15, -0.1) is 0 Å². The number of aromatic nitrogens is 4. The van der Waals surface area contributed by atoms with Gasteiger partial charge in [-0.3, -0.25) is 0 Å². The van der Waals surface area contributed by atoms with Crippen LogP contribution in [0.4, 0.5) is 5.82 Å². The fourth-order valence-corrected chi connectivity index (χ4v) is 2.74. The number of fused-ring (bicyclic) bond motifs is 1. The molecule has 3 aromatic rings. The SMILES string of the molecule is CCN(CC)c1nc(C)nc2c1cnn2-c1cccc(Cl)c1. The molecule has 0 saturated carbocycles. The van der Waals surface area contributed by atoms with Crippen molar-refractivity contribution in [3.63, 3.8) is 0 Å². The summed E-state index contributed by atoms with van der Waals surface area (Å²) in [6.45, 7) is 7.93. The molecule has 0 bridgehead atoms. The average Bonchev–Trinajstić information content (AvgIpc) is 2.92. The van der Waals surface area contributed by atoms with Gasteiger partial charge >= 0.3 is 0 Å². The minimum Gasteiger partial charge on any atom is -0.356 e. The maximum absolute atomic E-state index is 6.09. The molecule has 0 aliphatic heterocycles. The molecular formula is C16H18ClN5. The molecule has 0 atom stereocenters. The van der Waals surface area contributed by atoms with Crippen LogP contribution in [0.15, 0.2) is 30.5 Å². The standard InChI is InChI=1S/C16H18ClN5/c1-4-21(5-2)15-14-10-18-22(16(14)20-11(3)19-15)13-8-6-7-12(17)9-13/h6-10H,4-5H2,1-3H3. The van der Waals surface area contributed by atoms with E-state index in [-0.39, 0.29) is 0 Å². The molecule has 0 radical (unpaired) electrons. The van der Waals surface area contributed by atoms with Gasteiger partial charge in [-0.1, -0.05) is 17.7 Å². The molecule has 2 aromatic heterocycles. The zero-order valence-electron chi connectivity index (χ0n) is 12.9. The summed E-state index contributed by atoms with van der Waals surface area (Å²) in [5, 5.41) is 6.12. The maximum atomic E-state index is 6.09. The lowest BCUT2D eigenvalue weighted by Crippen LogP contribution is -2.23. The van der Waals surface area contributed by atoms with Gasteiger partial charge in [0.25, 0.3) is 0 Å². The van der Waals surface area contributed by atoms with E-state index in [2.05, 4.69) is 33.8 Å². The third-order valence-corrected chi connectivity index (χ3v) is 3.87. The Morgan fingerprint density at radius 1 is 1.18 bits per heavy atom. The third-order valence-electron chi connectivity index (χ3n) is 3.64. The normalized spacial score (nSPS) is 11.1. The Bertz CT molecular complexity index is 807. The fraction of sp³-hybridized carbons (Fsp3) is 0.312. The van der Waals surface area contributed by atoms with Crippen molar-refractivity contribution in [1.82, 2.24) is 19.7 Å². The van der Waals surface area contributed by atoms with E-state index >= 15 is 0 Å². The van der Waals surface area contributed by atoms with E-state index in [0.717, 1.165) is 41.5 Å². The Morgan fingerprint density at radius 3 is 2.64 bits per heavy atom. The molecule has 0 fully saturated rings. The molecule has 2 heterocycles. The lowest BCUT2D eigenvalue weighted by molar-refractivity contribution is 0.840. The zero-order valence-corrected chi connectivity index (χ0v) is 13.7. The predicted octanol–water partition coefficient (Wildman–Crippen LogP) is 3.62. The van der Waals surface area contributed by atoms with Crippen LogP contribution in [-0.4, -0.2) is 32.8 Å². The summed E-state index contributed by atoms with van der Waals surface area (Å²) < 4.78 is 1.81. The van der Waals surface area contributed by atoms with Gasteiger partial charge in [0.2, 0.25) is 0 Å². The molecule has 0 N–H and O–H groups in total. The predicted molar refractivity (Wildman–Crippen MR) is 90.0 cm³/mol. The van der Waals surface area contributed by atoms with Gasteiger partial charge in [0.05, 0.1) is 17.3 Å². The quantitative estimate of drug-likeness (QED) is 0.737. The largest absolute Gasteiger partial charge is 0.356 e. The van der Waals surface area contributed by atoms with E-state index in [9.17, 15) is 0 Å². The highest BCUT2D eigenvalue weighted by Crippen LogP contribution is 2.26. The first kappa shape index (κ1) is 14.8. The van der Waals surface area contributed by atoms with Gasteiger partial charge in [-0.2, -0.15) is 5.10 Å². The lowest BCUT2D eigenvalue weighted by Gasteiger charge is -2.20. The highest BCUT2D eigenvalue weighted by molar-refractivity contribution is 6.30. The van der Waals surface area contributed by atoms with Crippen molar-refractivity contribution in [2.45, 2.75) is 20.8 Å². The van der Waals surface area contributed by atoms with E-state index in [1.165, 1.54) is 0 Å². The molecule has 0 spiro atoms. The number of hydrogen-bond donors (Lipinski definition) is 0. The van der Waals surface area contributed by atoms with Crippen LogP contribution in [0.3, 0.4) is 0 Å². The Morgan fingerprint density at radius 2 is 1.95 bits per heavy atom. The van der Waals surface area contributed by atoms with Crippen LogP contribution in [0.5, 0.6) is 0 Å². The molecule has 0 saturated heterocycles. The summed E-state index contributed by atoms with van der Waals surface area (Å²) in [5.74, 6) is 1.67. The van der Waals surface area contributed by atoms with Crippen LogP contribution >= 0.6 is 11.6 Å². The van der Waals surface area contributed by atoms with Crippen molar-refractivity contribution in [1.29, 1.82) is 0 Å². The van der Waals surface area contributed by atoms with Crippen molar-refractivity contribution in [2.75, 3.05) is 18.0 Å². The minimum atomic E-state index is 0.677. The van der Waals surface area contributed by atoms with Gasteiger partial charge < -0.3 is 4.90 Å². The molecule has 0 aliphatic rings. The van der Waals surface area contributed by atoms with Crippen LogP contribution < -0.4 is 4.90 Å². The lowest BCUT2D eigenvalue weighted by atomic mass is 10.3. The minimum absolute atomic E-state index is 0.677. The summed E-state index contributed by atoms with van der Waals surface area (Å²) in [6.07, 6.45) is 1.82. The van der Waals surface area contributed by atoms with Gasteiger partial charge in [-0.25, -0.2) is 14.6 Å². The number of benzene rings is 1. The van der Waals surface area contributed by atoms with E-state index in [0.29, 0.717) is 5.02 Å². The molecule has 5 nitrogen and oxygen atoms in total. The molecule has 0 aliphatic carbocycles. The second kappa shape index (κ2) is 5.93. The molecule has 0 unspecified atom stereocenters. The number of aryl methyl sites for hydroxylation is 1. The summed E-state index contributed by atoms with van der Waals surface area (Å²) in [6, 6.07) is 7.60. The van der Waals surface area contributed by atoms with Gasteiger partial charge in [0.15, 0.2) is 5.65 Å². The van der Waals surface area contributed by atoms with Crippen molar-refractivity contribution < 1.29 is 0 Å². The molecule has 3 rings (SSSR count). The Balaban J connectivity index is 2.23. The van der Waals surface area contributed by atoms with Crippen LogP contribution in [0.25, 0.3) is 16.7 Å². The van der Waals surface area contributed by atoms with Gasteiger partial charge in [-0.05, 0) is 39.0 Å². The van der Waals surface area contributed by atoms with Crippen LogP contribution in [0.1, 0.15) is 19.7 Å². The first-order chi connectivity index (χ1) is 10.6. The molecule has 114 valence electrons. The fourth-order valence-electron chi connectivity index (χ4n) is 2.56. The highest BCUT2D eigenvalue weighted by Gasteiger charge is 2.16. The van der Waals surface area contributed by atoms with Crippen LogP contribution in [0.2, 0.25) is 5.02 Å². The summed E-state index contributed by atoms with van der Waals surface area (Å²) in [5.41, 5.74) is 1.70. The monoisotopic (exact) mass is 315 g/mol.